The van der Waals surface area contributed by atoms with E-state index in [0.29, 0.717) is 11.3 Å². The van der Waals surface area contributed by atoms with Gasteiger partial charge < -0.3 is 30.0 Å². The van der Waals surface area contributed by atoms with Gasteiger partial charge in [-0.1, -0.05) is 48.5 Å². The maximum absolute atomic E-state index is 13.6. The second kappa shape index (κ2) is 9.34. The van der Waals surface area contributed by atoms with E-state index >= 15 is 0 Å². The SMILES string of the molecule is COC(=O)CC1=C(C(=O)OC)[C@]2(C(=O)O1)C(C(=O)OCc1ccccc1)=C(N)Nc1ccccc12. The van der Waals surface area contributed by atoms with E-state index in [2.05, 4.69) is 10.1 Å². The van der Waals surface area contributed by atoms with Crippen LogP contribution < -0.4 is 11.1 Å². The monoisotopic (exact) mass is 478 g/mol. The lowest BCUT2D eigenvalue weighted by Gasteiger charge is -2.35. The molecule has 4 rings (SSSR count). The first-order chi connectivity index (χ1) is 16.8. The Kier molecular flexibility index (Phi) is 6.28. The number of carbonyl (C=O) groups is 4. The number of rotatable bonds is 6. The van der Waals surface area contributed by atoms with Crippen molar-refractivity contribution >= 4 is 29.6 Å². The molecule has 2 aliphatic rings. The lowest BCUT2D eigenvalue weighted by atomic mass is 9.66. The summed E-state index contributed by atoms with van der Waals surface area (Å²) in [5.74, 6) is -4.20. The average Bonchev–Trinajstić information content (AvgIpc) is 3.14. The number of cyclic esters (lactones) is 1. The molecule has 10 heteroatoms. The molecule has 0 bridgehead atoms. The summed E-state index contributed by atoms with van der Waals surface area (Å²) in [6.45, 7) is -0.116. The fraction of sp³-hybridized carbons (Fsp3) is 0.200. The normalized spacial score (nSPS) is 18.5. The third kappa shape index (κ3) is 3.88. The molecule has 35 heavy (non-hydrogen) atoms. The molecule has 0 fully saturated rings. The van der Waals surface area contributed by atoms with Crippen molar-refractivity contribution in [1.29, 1.82) is 0 Å². The molecule has 1 atom stereocenters. The molecule has 0 saturated carbocycles. The second-order valence-corrected chi connectivity index (χ2v) is 7.70. The Balaban J connectivity index is 1.92. The first-order valence-corrected chi connectivity index (χ1v) is 10.5. The van der Waals surface area contributed by atoms with Gasteiger partial charge in [-0.2, -0.15) is 0 Å². The van der Waals surface area contributed by atoms with Crippen molar-refractivity contribution < 1.29 is 38.1 Å². The number of hydrogen-bond donors (Lipinski definition) is 2. The Morgan fingerprint density at radius 2 is 1.63 bits per heavy atom. The van der Waals surface area contributed by atoms with Gasteiger partial charge in [0.15, 0.2) is 5.41 Å². The summed E-state index contributed by atoms with van der Waals surface area (Å²) in [5.41, 5.74) is 4.70. The average molecular weight is 478 g/mol. The van der Waals surface area contributed by atoms with Gasteiger partial charge in [0.25, 0.3) is 0 Å². The van der Waals surface area contributed by atoms with Crippen LogP contribution in [0, 0.1) is 0 Å². The maximum Gasteiger partial charge on any atom is 0.339 e. The van der Waals surface area contributed by atoms with Gasteiger partial charge in [-0.25, -0.2) is 14.4 Å². The molecule has 2 aliphatic heterocycles. The molecule has 180 valence electrons. The van der Waals surface area contributed by atoms with Gasteiger partial charge in [-0.3, -0.25) is 4.79 Å². The number of nitrogens with one attached hydrogen (secondary N) is 1. The summed E-state index contributed by atoms with van der Waals surface area (Å²) in [6, 6.07) is 15.4. The van der Waals surface area contributed by atoms with E-state index in [1.54, 1.807) is 48.5 Å². The van der Waals surface area contributed by atoms with E-state index in [4.69, 9.17) is 19.9 Å². The number of benzene rings is 2. The highest BCUT2D eigenvalue weighted by molar-refractivity contribution is 6.16. The number of anilines is 1. The van der Waals surface area contributed by atoms with Gasteiger partial charge in [0.1, 0.15) is 35.8 Å². The lowest BCUT2D eigenvalue weighted by Crippen LogP contribution is -2.47. The minimum Gasteiger partial charge on any atom is -0.469 e. The van der Waals surface area contributed by atoms with Crippen molar-refractivity contribution in [3.63, 3.8) is 0 Å². The van der Waals surface area contributed by atoms with Crippen LogP contribution in [-0.2, 0) is 50.1 Å². The fourth-order valence-electron chi connectivity index (χ4n) is 4.24. The molecule has 0 unspecified atom stereocenters. The third-order valence-electron chi connectivity index (χ3n) is 5.76. The molecule has 2 heterocycles. The van der Waals surface area contributed by atoms with Crippen LogP contribution in [0.2, 0.25) is 0 Å². The van der Waals surface area contributed by atoms with Crippen LogP contribution in [0.4, 0.5) is 5.69 Å². The molecule has 0 amide bonds. The van der Waals surface area contributed by atoms with Crippen LogP contribution in [0.1, 0.15) is 17.5 Å². The molecule has 3 N–H and O–H groups in total. The van der Waals surface area contributed by atoms with Crippen LogP contribution in [0.3, 0.4) is 0 Å². The summed E-state index contributed by atoms with van der Waals surface area (Å²) in [7, 11) is 2.26. The molecule has 0 aromatic heterocycles. The maximum atomic E-state index is 13.6. The Hall–Kier alpha value is -4.60. The Bertz CT molecular complexity index is 1280. The van der Waals surface area contributed by atoms with E-state index in [-0.39, 0.29) is 34.9 Å². The van der Waals surface area contributed by atoms with Gasteiger partial charge in [-0.15, -0.1) is 0 Å². The number of ether oxygens (including phenoxy) is 4. The zero-order valence-corrected chi connectivity index (χ0v) is 19.0. The highest BCUT2D eigenvalue weighted by Gasteiger charge is 2.63. The number of hydrogen-bond acceptors (Lipinski definition) is 10. The molecule has 2 aromatic carbocycles. The zero-order valence-electron chi connectivity index (χ0n) is 19.0. The number of methoxy groups -OCH3 is 2. The predicted octanol–water partition coefficient (Wildman–Crippen LogP) is 1.81. The number of carbonyl (C=O) groups excluding carboxylic acids is 4. The summed E-state index contributed by atoms with van der Waals surface area (Å²) in [6.07, 6.45) is -0.545. The number of nitrogens with two attached hydrogens (primary N) is 1. The molecule has 0 radical (unpaired) electrons. The van der Waals surface area contributed by atoms with Gasteiger partial charge in [-0.05, 0) is 11.6 Å². The van der Waals surface area contributed by atoms with Gasteiger partial charge in [0.2, 0.25) is 0 Å². The van der Waals surface area contributed by atoms with Gasteiger partial charge in [0, 0.05) is 11.3 Å². The summed E-state index contributed by atoms with van der Waals surface area (Å²) >= 11 is 0. The van der Waals surface area contributed by atoms with Crippen molar-refractivity contribution in [3.8, 4) is 0 Å². The molecular weight excluding hydrogens is 456 g/mol. The van der Waals surface area contributed by atoms with E-state index in [0.717, 1.165) is 14.2 Å². The van der Waals surface area contributed by atoms with E-state index in [1.807, 2.05) is 6.07 Å². The number of para-hydroxylation sites is 1. The minimum absolute atomic E-state index is 0.116. The van der Waals surface area contributed by atoms with Crippen LogP contribution in [0.15, 0.2) is 77.3 Å². The second-order valence-electron chi connectivity index (χ2n) is 7.70. The summed E-state index contributed by atoms with van der Waals surface area (Å²) in [4.78, 5) is 52.2. The summed E-state index contributed by atoms with van der Waals surface area (Å²) < 4.78 is 20.5. The minimum atomic E-state index is -2.13. The topological polar surface area (TPSA) is 143 Å². The third-order valence-corrected chi connectivity index (χ3v) is 5.76. The fourth-order valence-corrected chi connectivity index (χ4v) is 4.24. The van der Waals surface area contributed by atoms with Crippen molar-refractivity contribution in [3.05, 3.63) is 88.5 Å². The number of fused-ring (bicyclic) bond motifs is 2. The molecule has 0 aliphatic carbocycles. The highest BCUT2D eigenvalue weighted by Crippen LogP contribution is 2.53. The van der Waals surface area contributed by atoms with E-state index < -0.39 is 35.7 Å². The Morgan fingerprint density at radius 1 is 0.943 bits per heavy atom. The lowest BCUT2D eigenvalue weighted by molar-refractivity contribution is -0.148. The van der Waals surface area contributed by atoms with Crippen molar-refractivity contribution in [2.45, 2.75) is 18.4 Å². The van der Waals surface area contributed by atoms with Crippen LogP contribution in [-0.4, -0.2) is 38.1 Å². The molecule has 10 nitrogen and oxygen atoms in total. The van der Waals surface area contributed by atoms with Crippen LogP contribution in [0.5, 0.6) is 0 Å². The standard InChI is InChI=1S/C25H22N2O8/c1-32-18(28)12-17-19(22(29)33-2)25(24(31)35-17)15-10-6-7-11-16(15)27-21(26)20(25)23(30)34-13-14-8-4-3-5-9-14/h3-11,27H,12-13,26H2,1-2H3/t25-/m0/s1. The first-order valence-electron chi connectivity index (χ1n) is 10.5. The first kappa shape index (κ1) is 23.6. The Morgan fingerprint density at radius 3 is 2.31 bits per heavy atom. The van der Waals surface area contributed by atoms with Crippen molar-refractivity contribution in [2.24, 2.45) is 5.73 Å². The zero-order chi connectivity index (χ0) is 25.2. The molecule has 2 aromatic rings. The smallest absolute Gasteiger partial charge is 0.339 e. The molecule has 0 saturated heterocycles. The van der Waals surface area contributed by atoms with Crippen molar-refractivity contribution in [1.82, 2.24) is 0 Å². The van der Waals surface area contributed by atoms with Gasteiger partial charge in [0.05, 0.1) is 14.2 Å². The quantitative estimate of drug-likeness (QED) is 0.466. The number of esters is 4. The Labute approximate surface area is 200 Å². The largest absolute Gasteiger partial charge is 0.469 e. The van der Waals surface area contributed by atoms with E-state index in [9.17, 15) is 19.2 Å². The van der Waals surface area contributed by atoms with Crippen LogP contribution in [0.25, 0.3) is 0 Å². The van der Waals surface area contributed by atoms with Gasteiger partial charge >= 0.3 is 23.9 Å². The van der Waals surface area contributed by atoms with E-state index in [1.165, 1.54) is 0 Å². The highest BCUT2D eigenvalue weighted by atomic mass is 16.6. The van der Waals surface area contributed by atoms with Crippen molar-refractivity contribution in [2.75, 3.05) is 19.5 Å². The van der Waals surface area contributed by atoms with Crippen LogP contribution >= 0.6 is 0 Å². The summed E-state index contributed by atoms with van der Waals surface area (Å²) in [5, 5.41) is 2.89. The molecule has 1 spiro atoms. The predicted molar refractivity (Wildman–Crippen MR) is 121 cm³/mol. The molecular formula is C25H22N2O8.